The lowest BCUT2D eigenvalue weighted by molar-refractivity contribution is -0.126. The van der Waals surface area contributed by atoms with E-state index in [9.17, 15) is 9.59 Å². The van der Waals surface area contributed by atoms with Crippen molar-refractivity contribution < 1.29 is 9.59 Å². The summed E-state index contributed by atoms with van der Waals surface area (Å²) in [4.78, 5) is 24.1. The number of carbonyl (C=O) groups is 2. The van der Waals surface area contributed by atoms with Crippen LogP contribution in [0.15, 0.2) is 0 Å². The minimum absolute atomic E-state index is 0.0234. The van der Waals surface area contributed by atoms with Gasteiger partial charge in [0.2, 0.25) is 0 Å². The lowest BCUT2D eigenvalue weighted by Gasteiger charge is -2.49. The first kappa shape index (κ1) is 14.7. The predicted octanol–water partition coefficient (Wildman–Crippen LogP) is 3.88. The Bertz CT molecular complexity index is 356. The highest BCUT2D eigenvalue weighted by molar-refractivity contribution is 6.08. The molecule has 0 N–H and O–H groups in total. The van der Waals surface area contributed by atoms with Gasteiger partial charge in [-0.05, 0) is 35.5 Å². The van der Waals surface area contributed by atoms with E-state index in [-0.39, 0.29) is 40.7 Å². The van der Waals surface area contributed by atoms with E-state index in [0.717, 1.165) is 12.8 Å². The van der Waals surface area contributed by atoms with Crippen molar-refractivity contribution in [2.75, 3.05) is 0 Å². The monoisotopic (exact) mass is 264 g/mol. The molecule has 19 heavy (non-hydrogen) atoms. The SMILES string of the molecule is CC(C)(C)C1CC2C(=O)CC(=O)C2CC1C(C)(C)C. The lowest BCUT2D eigenvalue weighted by atomic mass is 9.55. The summed E-state index contributed by atoms with van der Waals surface area (Å²) in [6.07, 6.45) is 2.03. The van der Waals surface area contributed by atoms with E-state index in [2.05, 4.69) is 41.5 Å². The molecule has 0 bridgehead atoms. The van der Waals surface area contributed by atoms with Crippen LogP contribution in [0.25, 0.3) is 0 Å². The summed E-state index contributed by atoms with van der Waals surface area (Å²) in [5.74, 6) is 1.52. The van der Waals surface area contributed by atoms with Gasteiger partial charge in [0.05, 0.1) is 6.42 Å². The Hall–Kier alpha value is -0.660. The molecule has 0 aromatic rings. The van der Waals surface area contributed by atoms with Crippen LogP contribution in [0.4, 0.5) is 0 Å². The number of Topliss-reactive ketones (excluding diaryl/α,β-unsaturated/α-hetero) is 2. The first-order valence-electron chi connectivity index (χ1n) is 7.57. The summed E-state index contributed by atoms with van der Waals surface area (Å²) in [6, 6.07) is 0. The van der Waals surface area contributed by atoms with Crippen molar-refractivity contribution in [1.82, 2.24) is 0 Å². The highest BCUT2D eigenvalue weighted by Crippen LogP contribution is 2.54. The van der Waals surface area contributed by atoms with Crippen molar-refractivity contribution >= 4 is 11.6 Å². The summed E-state index contributed by atoms with van der Waals surface area (Å²) < 4.78 is 0. The molecule has 2 saturated carbocycles. The van der Waals surface area contributed by atoms with Gasteiger partial charge in [0.1, 0.15) is 11.6 Å². The van der Waals surface area contributed by atoms with Gasteiger partial charge in [-0.25, -0.2) is 0 Å². The maximum atomic E-state index is 12.0. The zero-order valence-electron chi connectivity index (χ0n) is 13.2. The van der Waals surface area contributed by atoms with Crippen LogP contribution in [-0.2, 0) is 9.59 Å². The molecular formula is C17H28O2. The molecule has 4 atom stereocenters. The molecule has 2 heteroatoms. The first-order chi connectivity index (χ1) is 8.51. The average molecular weight is 264 g/mol. The summed E-state index contributed by atoms with van der Waals surface area (Å²) in [5.41, 5.74) is 0.406. The van der Waals surface area contributed by atoms with Gasteiger partial charge in [0.15, 0.2) is 0 Å². The molecule has 4 unspecified atom stereocenters. The number of hydrogen-bond donors (Lipinski definition) is 0. The van der Waals surface area contributed by atoms with Crippen LogP contribution in [0.5, 0.6) is 0 Å². The van der Waals surface area contributed by atoms with Crippen LogP contribution < -0.4 is 0 Å². The molecular weight excluding hydrogens is 236 g/mol. The van der Waals surface area contributed by atoms with Crippen LogP contribution in [0.1, 0.15) is 60.8 Å². The number of carbonyl (C=O) groups excluding carboxylic acids is 2. The largest absolute Gasteiger partial charge is 0.299 e. The molecule has 0 aliphatic heterocycles. The van der Waals surface area contributed by atoms with E-state index in [1.54, 1.807) is 0 Å². The molecule has 2 nitrogen and oxygen atoms in total. The third-order valence-corrected chi connectivity index (χ3v) is 5.39. The molecule has 2 fully saturated rings. The molecule has 2 rings (SSSR count). The van der Waals surface area contributed by atoms with Gasteiger partial charge in [0.25, 0.3) is 0 Å². The van der Waals surface area contributed by atoms with E-state index in [1.165, 1.54) is 0 Å². The van der Waals surface area contributed by atoms with E-state index in [1.807, 2.05) is 0 Å². The smallest absolute Gasteiger partial charge is 0.144 e. The minimum atomic E-state index is 0.0234. The fourth-order valence-electron chi connectivity index (χ4n) is 4.26. The van der Waals surface area contributed by atoms with E-state index >= 15 is 0 Å². The van der Waals surface area contributed by atoms with Gasteiger partial charge in [-0.2, -0.15) is 0 Å². The average Bonchev–Trinajstić information content (AvgIpc) is 2.50. The van der Waals surface area contributed by atoms with E-state index in [0.29, 0.717) is 11.8 Å². The fourth-order valence-corrected chi connectivity index (χ4v) is 4.26. The third kappa shape index (κ3) is 2.64. The molecule has 0 aromatic carbocycles. The topological polar surface area (TPSA) is 34.1 Å². The van der Waals surface area contributed by atoms with Gasteiger partial charge >= 0.3 is 0 Å². The normalized spacial score (nSPS) is 36.5. The van der Waals surface area contributed by atoms with Gasteiger partial charge < -0.3 is 0 Å². The van der Waals surface area contributed by atoms with Crippen molar-refractivity contribution in [3.05, 3.63) is 0 Å². The molecule has 2 aliphatic rings. The second kappa shape index (κ2) is 4.43. The highest BCUT2D eigenvalue weighted by atomic mass is 16.2. The maximum absolute atomic E-state index is 12.0. The number of hydrogen-bond acceptors (Lipinski definition) is 2. The summed E-state index contributed by atoms with van der Waals surface area (Å²) in [7, 11) is 0. The standard InChI is InChI=1S/C17H28O2/c1-16(2,3)12-7-10-11(15(19)9-14(10)18)8-13(12)17(4,5)6/h10-13H,7-9H2,1-6H3. The van der Waals surface area contributed by atoms with Gasteiger partial charge in [-0.3, -0.25) is 9.59 Å². The lowest BCUT2D eigenvalue weighted by Crippen LogP contribution is -2.44. The number of rotatable bonds is 0. The Morgan fingerprint density at radius 3 is 1.32 bits per heavy atom. The summed E-state index contributed by atoms with van der Waals surface area (Å²) in [5, 5.41) is 0. The van der Waals surface area contributed by atoms with Crippen molar-refractivity contribution in [3.8, 4) is 0 Å². The Morgan fingerprint density at radius 2 is 1.05 bits per heavy atom. The maximum Gasteiger partial charge on any atom is 0.144 e. The van der Waals surface area contributed by atoms with Crippen LogP contribution in [0, 0.1) is 34.5 Å². The fraction of sp³-hybridized carbons (Fsp3) is 0.882. The zero-order chi connectivity index (χ0) is 14.6. The van der Waals surface area contributed by atoms with Crippen LogP contribution in [-0.4, -0.2) is 11.6 Å². The van der Waals surface area contributed by atoms with Crippen molar-refractivity contribution in [2.24, 2.45) is 34.5 Å². The Morgan fingerprint density at radius 1 is 0.737 bits per heavy atom. The molecule has 0 aromatic heterocycles. The highest BCUT2D eigenvalue weighted by Gasteiger charge is 2.52. The molecule has 0 heterocycles. The van der Waals surface area contributed by atoms with Crippen molar-refractivity contribution in [1.29, 1.82) is 0 Å². The summed E-state index contributed by atoms with van der Waals surface area (Å²) >= 11 is 0. The Balaban J connectivity index is 2.33. The van der Waals surface area contributed by atoms with Gasteiger partial charge in [-0.1, -0.05) is 41.5 Å². The van der Waals surface area contributed by atoms with E-state index in [4.69, 9.17) is 0 Å². The van der Waals surface area contributed by atoms with Crippen molar-refractivity contribution in [2.45, 2.75) is 60.8 Å². The Labute approximate surface area is 117 Å². The molecule has 0 spiro atoms. The minimum Gasteiger partial charge on any atom is -0.299 e. The van der Waals surface area contributed by atoms with Gasteiger partial charge in [0, 0.05) is 11.8 Å². The van der Waals surface area contributed by atoms with Crippen LogP contribution in [0.3, 0.4) is 0 Å². The number of ketones is 2. The second-order valence-corrected chi connectivity index (χ2v) is 8.74. The molecule has 0 saturated heterocycles. The van der Waals surface area contributed by atoms with Crippen LogP contribution >= 0.6 is 0 Å². The number of fused-ring (bicyclic) bond motifs is 1. The van der Waals surface area contributed by atoms with Gasteiger partial charge in [-0.15, -0.1) is 0 Å². The first-order valence-corrected chi connectivity index (χ1v) is 7.57. The summed E-state index contributed by atoms with van der Waals surface area (Å²) in [6.45, 7) is 13.7. The molecule has 2 aliphatic carbocycles. The van der Waals surface area contributed by atoms with E-state index < -0.39 is 0 Å². The zero-order valence-corrected chi connectivity index (χ0v) is 13.2. The molecule has 0 radical (unpaired) electrons. The molecule has 108 valence electrons. The Kier molecular flexibility index (Phi) is 3.43. The van der Waals surface area contributed by atoms with Crippen molar-refractivity contribution in [3.63, 3.8) is 0 Å². The predicted molar refractivity (Wildman–Crippen MR) is 76.7 cm³/mol. The second-order valence-electron chi connectivity index (χ2n) is 8.74. The third-order valence-electron chi connectivity index (χ3n) is 5.39. The molecule has 0 amide bonds. The van der Waals surface area contributed by atoms with Crippen LogP contribution in [0.2, 0.25) is 0 Å². The quantitative estimate of drug-likeness (QED) is 0.622.